The maximum Gasteiger partial charge on any atom is 0.0950 e. The van der Waals surface area contributed by atoms with Gasteiger partial charge in [-0.2, -0.15) is 0 Å². The fourth-order valence-corrected chi connectivity index (χ4v) is 4.79. The SMILES string of the molecule is Cc1ccccc1N1[C@@H](C)c2c(ncn2C)C12CCCCC2. The van der Waals surface area contributed by atoms with Crippen molar-refractivity contribution in [1.29, 1.82) is 0 Å². The van der Waals surface area contributed by atoms with Crippen molar-refractivity contribution in [3.8, 4) is 0 Å². The van der Waals surface area contributed by atoms with E-state index in [9.17, 15) is 0 Å². The standard InChI is InChI=1S/C19H25N3/c1-14-9-5-6-10-16(14)22-15(2)17-18(20-13-21(17)3)19(22)11-7-4-8-12-19/h5-6,9-10,13,15H,4,7-8,11-12H2,1-3H3/t15-/m0/s1. The summed E-state index contributed by atoms with van der Waals surface area (Å²) in [4.78, 5) is 7.53. The molecule has 0 unspecified atom stereocenters. The van der Waals surface area contributed by atoms with Crippen LogP contribution in [0.25, 0.3) is 0 Å². The molecule has 1 spiro atoms. The summed E-state index contributed by atoms with van der Waals surface area (Å²) >= 11 is 0. The first kappa shape index (κ1) is 13.9. The normalized spacial score (nSPS) is 23.0. The van der Waals surface area contributed by atoms with Gasteiger partial charge in [0.15, 0.2) is 0 Å². The van der Waals surface area contributed by atoms with E-state index in [-0.39, 0.29) is 5.54 Å². The van der Waals surface area contributed by atoms with E-state index in [1.54, 1.807) is 0 Å². The molecular formula is C19H25N3. The number of rotatable bonds is 1. The van der Waals surface area contributed by atoms with Crippen molar-refractivity contribution in [2.45, 2.75) is 57.5 Å². The van der Waals surface area contributed by atoms with E-state index in [4.69, 9.17) is 4.98 Å². The Morgan fingerprint density at radius 2 is 1.86 bits per heavy atom. The summed E-state index contributed by atoms with van der Waals surface area (Å²) in [7, 11) is 2.14. The lowest BCUT2D eigenvalue weighted by Crippen LogP contribution is -2.44. The quantitative estimate of drug-likeness (QED) is 0.774. The van der Waals surface area contributed by atoms with Crippen LogP contribution in [-0.2, 0) is 12.6 Å². The largest absolute Gasteiger partial charge is 0.352 e. The first-order chi connectivity index (χ1) is 10.6. The second-order valence-corrected chi connectivity index (χ2v) is 7.01. The number of hydrogen-bond donors (Lipinski definition) is 0. The number of aryl methyl sites for hydroxylation is 2. The van der Waals surface area contributed by atoms with Gasteiger partial charge in [-0.15, -0.1) is 0 Å². The van der Waals surface area contributed by atoms with E-state index in [1.807, 2.05) is 6.33 Å². The fraction of sp³-hybridized carbons (Fsp3) is 0.526. The van der Waals surface area contributed by atoms with Gasteiger partial charge in [-0.05, 0) is 38.3 Å². The molecule has 1 aliphatic heterocycles. The molecule has 0 radical (unpaired) electrons. The minimum Gasteiger partial charge on any atom is -0.352 e. The van der Waals surface area contributed by atoms with Gasteiger partial charge in [0, 0.05) is 12.7 Å². The van der Waals surface area contributed by atoms with Gasteiger partial charge in [-0.3, -0.25) is 0 Å². The molecule has 1 aromatic heterocycles. The molecule has 1 saturated carbocycles. The molecule has 2 aromatic rings. The predicted octanol–water partition coefficient (Wildman–Crippen LogP) is 4.47. The van der Waals surface area contributed by atoms with Crippen LogP contribution in [-0.4, -0.2) is 9.55 Å². The molecule has 1 fully saturated rings. The number of anilines is 1. The second-order valence-electron chi connectivity index (χ2n) is 7.01. The lowest BCUT2D eigenvalue weighted by molar-refractivity contribution is 0.278. The van der Waals surface area contributed by atoms with Gasteiger partial charge >= 0.3 is 0 Å². The Morgan fingerprint density at radius 3 is 2.59 bits per heavy atom. The first-order valence-corrected chi connectivity index (χ1v) is 8.52. The number of benzene rings is 1. The van der Waals surface area contributed by atoms with Crippen molar-refractivity contribution >= 4 is 5.69 Å². The number of aromatic nitrogens is 2. The van der Waals surface area contributed by atoms with Crippen LogP contribution in [0.1, 0.15) is 62.0 Å². The van der Waals surface area contributed by atoms with Gasteiger partial charge in [-0.25, -0.2) is 4.98 Å². The molecule has 116 valence electrons. The zero-order valence-corrected chi connectivity index (χ0v) is 13.8. The highest BCUT2D eigenvalue weighted by molar-refractivity contribution is 5.61. The summed E-state index contributed by atoms with van der Waals surface area (Å²) in [5.74, 6) is 0. The Balaban J connectivity index is 1.92. The molecule has 4 rings (SSSR count). The van der Waals surface area contributed by atoms with E-state index < -0.39 is 0 Å². The molecule has 1 aliphatic carbocycles. The highest BCUT2D eigenvalue weighted by Crippen LogP contribution is 2.54. The number of imidazole rings is 1. The third kappa shape index (κ3) is 1.71. The van der Waals surface area contributed by atoms with E-state index >= 15 is 0 Å². The monoisotopic (exact) mass is 295 g/mol. The maximum atomic E-state index is 4.85. The summed E-state index contributed by atoms with van der Waals surface area (Å²) in [6.45, 7) is 4.57. The van der Waals surface area contributed by atoms with Crippen LogP contribution >= 0.6 is 0 Å². The van der Waals surface area contributed by atoms with Crippen LogP contribution in [0.5, 0.6) is 0 Å². The first-order valence-electron chi connectivity index (χ1n) is 8.52. The van der Waals surface area contributed by atoms with Crippen LogP contribution in [0, 0.1) is 6.92 Å². The molecule has 3 heteroatoms. The van der Waals surface area contributed by atoms with E-state index in [0.29, 0.717) is 6.04 Å². The summed E-state index contributed by atoms with van der Waals surface area (Å²) < 4.78 is 2.23. The van der Waals surface area contributed by atoms with Crippen LogP contribution in [0.15, 0.2) is 30.6 Å². The van der Waals surface area contributed by atoms with Gasteiger partial charge in [0.1, 0.15) is 0 Å². The van der Waals surface area contributed by atoms with E-state index in [0.717, 1.165) is 0 Å². The van der Waals surface area contributed by atoms with Crippen molar-refractivity contribution in [1.82, 2.24) is 9.55 Å². The molecule has 2 heterocycles. The lowest BCUT2D eigenvalue weighted by Gasteiger charge is -2.45. The molecule has 0 saturated heterocycles. The highest BCUT2D eigenvalue weighted by atomic mass is 15.3. The minimum atomic E-state index is 0.111. The van der Waals surface area contributed by atoms with Crippen molar-refractivity contribution in [2.24, 2.45) is 7.05 Å². The average Bonchev–Trinajstić information content (AvgIpc) is 3.01. The number of para-hydroxylation sites is 1. The van der Waals surface area contributed by atoms with Gasteiger partial charge in [0.2, 0.25) is 0 Å². The predicted molar refractivity (Wildman–Crippen MR) is 90.0 cm³/mol. The summed E-state index contributed by atoms with van der Waals surface area (Å²) in [5.41, 5.74) is 5.61. The lowest BCUT2D eigenvalue weighted by atomic mass is 9.79. The topological polar surface area (TPSA) is 21.1 Å². The van der Waals surface area contributed by atoms with Gasteiger partial charge < -0.3 is 9.47 Å². The zero-order chi connectivity index (χ0) is 15.3. The van der Waals surface area contributed by atoms with Crippen LogP contribution < -0.4 is 4.90 Å². The Hall–Kier alpha value is -1.77. The molecular weight excluding hydrogens is 270 g/mol. The molecule has 2 aliphatic rings. The Morgan fingerprint density at radius 1 is 1.14 bits per heavy atom. The van der Waals surface area contributed by atoms with Crippen LogP contribution in [0.4, 0.5) is 5.69 Å². The Bertz CT molecular complexity index is 694. The molecule has 22 heavy (non-hydrogen) atoms. The van der Waals surface area contributed by atoms with E-state index in [2.05, 4.69) is 54.6 Å². The maximum absolute atomic E-state index is 4.85. The molecule has 3 nitrogen and oxygen atoms in total. The van der Waals surface area contributed by atoms with Gasteiger partial charge in [0.05, 0.1) is 29.3 Å². The van der Waals surface area contributed by atoms with Crippen molar-refractivity contribution in [2.75, 3.05) is 4.90 Å². The molecule has 0 bridgehead atoms. The minimum absolute atomic E-state index is 0.111. The van der Waals surface area contributed by atoms with E-state index in [1.165, 1.54) is 54.7 Å². The third-order valence-corrected chi connectivity index (χ3v) is 5.72. The van der Waals surface area contributed by atoms with Crippen molar-refractivity contribution < 1.29 is 0 Å². The fourth-order valence-electron chi connectivity index (χ4n) is 4.79. The zero-order valence-electron chi connectivity index (χ0n) is 13.8. The smallest absolute Gasteiger partial charge is 0.0950 e. The molecule has 0 amide bonds. The second kappa shape index (κ2) is 4.87. The average molecular weight is 295 g/mol. The van der Waals surface area contributed by atoms with Crippen LogP contribution in [0.2, 0.25) is 0 Å². The Kier molecular flexibility index (Phi) is 3.07. The third-order valence-electron chi connectivity index (χ3n) is 5.72. The molecule has 0 N–H and O–H groups in total. The Labute approximate surface area is 133 Å². The summed E-state index contributed by atoms with van der Waals surface area (Å²) in [6, 6.07) is 9.21. The number of nitrogens with zero attached hydrogens (tertiary/aromatic N) is 3. The van der Waals surface area contributed by atoms with Crippen molar-refractivity contribution in [3.05, 3.63) is 47.5 Å². The number of hydrogen-bond acceptors (Lipinski definition) is 2. The summed E-state index contributed by atoms with van der Waals surface area (Å²) in [5, 5.41) is 0. The van der Waals surface area contributed by atoms with Crippen LogP contribution in [0.3, 0.4) is 0 Å². The van der Waals surface area contributed by atoms with Crippen molar-refractivity contribution in [3.63, 3.8) is 0 Å². The summed E-state index contributed by atoms with van der Waals surface area (Å²) in [6.07, 6.45) is 8.45. The highest BCUT2D eigenvalue weighted by Gasteiger charge is 2.52. The molecule has 1 aromatic carbocycles. The number of fused-ring (bicyclic) bond motifs is 2. The molecule has 1 atom stereocenters. The van der Waals surface area contributed by atoms with Gasteiger partial charge in [0.25, 0.3) is 0 Å². The van der Waals surface area contributed by atoms with Gasteiger partial charge in [-0.1, -0.05) is 37.5 Å².